The van der Waals surface area contributed by atoms with E-state index in [1.165, 1.54) is 154 Å². The van der Waals surface area contributed by atoms with Crippen molar-refractivity contribution in [2.75, 3.05) is 26.4 Å². The maximum absolute atomic E-state index is 13.5. The topological polar surface area (TPSA) is 307 Å². The number of allylic oxidation sites excluding steroid dienone is 16. The quantitative estimate of drug-likeness (QED) is 0.0199. The van der Waals surface area contributed by atoms with Crippen molar-refractivity contribution in [2.45, 2.75) is 394 Å². The first kappa shape index (κ1) is 92.9. The Kier molecular flexibility index (Phi) is 57.1. The lowest BCUT2D eigenvalue weighted by molar-refractivity contribution is -0.379. The molecule has 0 aromatic carbocycles. The third kappa shape index (κ3) is 42.3. The van der Waals surface area contributed by atoms with Gasteiger partial charge < -0.3 is 89.9 Å². The molecule has 3 heterocycles. The second-order valence-electron chi connectivity index (χ2n) is 28.5. The largest absolute Gasteiger partial charge is 0.394 e. The molecule has 0 aromatic rings. The summed E-state index contributed by atoms with van der Waals surface area (Å²) >= 11 is 0. The fourth-order valence-electron chi connectivity index (χ4n) is 13.2. The lowest BCUT2D eigenvalue weighted by atomic mass is 9.96. The highest BCUT2D eigenvalue weighted by Gasteiger charge is 2.54. The van der Waals surface area contributed by atoms with Crippen LogP contribution in [0.15, 0.2) is 97.2 Å². The van der Waals surface area contributed by atoms with Crippen LogP contribution in [0, 0.1) is 0 Å². The van der Waals surface area contributed by atoms with E-state index in [-0.39, 0.29) is 18.9 Å². The van der Waals surface area contributed by atoms with Crippen LogP contribution in [0.2, 0.25) is 0 Å². The van der Waals surface area contributed by atoms with Gasteiger partial charge in [0.15, 0.2) is 18.9 Å². The fourth-order valence-corrected chi connectivity index (χ4v) is 13.2. The first-order chi connectivity index (χ1) is 49.8. The number of aliphatic hydroxyl groups is 11. The molecule has 0 spiro atoms. The number of carbonyl (C=O) groups excluding carboxylic acids is 1. The number of hydrogen-bond donors (Lipinski definition) is 12. The van der Waals surface area contributed by atoms with E-state index in [0.717, 1.165) is 103 Å². The SMILES string of the molecule is CC/C=C\C/C=C\C/C=C\C/C=C\C/C=C\C/C=C\C/C=C\C/C=C\CCCCCCCCCCCCCCC(=O)NC(COC1OC(CO)C(OC2OC(CO)C(OC3OC(CO)C(O)C(O)C3O)C(O)C2O)C(O)C1O)C(O)CCCCCCCCCCCCCCCCCCCCCC. The van der Waals surface area contributed by atoms with Crippen molar-refractivity contribution in [3.05, 3.63) is 97.2 Å². The van der Waals surface area contributed by atoms with Crippen LogP contribution in [0.5, 0.6) is 0 Å². The van der Waals surface area contributed by atoms with Crippen molar-refractivity contribution in [3.63, 3.8) is 0 Å². The summed E-state index contributed by atoms with van der Waals surface area (Å²) in [5.41, 5.74) is 0. The number of unbranched alkanes of at least 4 members (excludes halogenated alkanes) is 31. The van der Waals surface area contributed by atoms with Gasteiger partial charge in [-0.1, -0.05) is 304 Å². The van der Waals surface area contributed by atoms with Crippen molar-refractivity contribution in [1.29, 1.82) is 0 Å². The monoisotopic (exact) mass is 1440 g/mol. The average molecular weight is 1450 g/mol. The molecule has 19 heteroatoms. The molecular formula is C83H145NO18. The lowest BCUT2D eigenvalue weighted by Gasteiger charge is -2.48. The van der Waals surface area contributed by atoms with Crippen molar-refractivity contribution >= 4 is 5.91 Å². The summed E-state index contributed by atoms with van der Waals surface area (Å²) < 4.78 is 34.5. The Morgan fingerprint density at radius 3 is 1.06 bits per heavy atom. The number of rotatable bonds is 63. The summed E-state index contributed by atoms with van der Waals surface area (Å²) in [6.07, 6.45) is 57.7. The van der Waals surface area contributed by atoms with Crippen LogP contribution in [0.1, 0.15) is 290 Å². The predicted octanol–water partition coefficient (Wildman–Crippen LogP) is 13.6. The zero-order chi connectivity index (χ0) is 73.9. The van der Waals surface area contributed by atoms with Gasteiger partial charge in [-0.25, -0.2) is 0 Å². The van der Waals surface area contributed by atoms with E-state index < -0.39 is 124 Å². The Balaban J connectivity index is 1.34. The standard InChI is InChI=1S/C83H145NO18/c1-3-5-7-9-11-13-15-17-19-21-23-25-26-27-28-29-30-31-32-33-34-35-36-37-38-39-40-41-43-45-47-49-51-53-55-57-59-61-71(89)84-66(67(88)60-58-56-54-52-50-48-46-44-42-24-22-20-18-16-14-12-10-8-6-4-2)65-97-81-77(95)74(92)79(69(63-86)99-81)102-83-78(96)75(93)80(70(64-87)100-83)101-82-76(94)73(91)72(90)68(62-85)98-82/h5,7,11,13,17,19,23,25,27-28,30-31,33-34,36-37,66-70,72-83,85-88,90-96H,3-4,6,8-10,12,14-16,18,20-22,24,26,29,32,35,38-65H2,1-2H3,(H,84,89)/b7-5-,13-11-,19-17-,25-23-,28-27-,31-30-,34-33-,37-36-. The Labute approximate surface area is 615 Å². The van der Waals surface area contributed by atoms with Gasteiger partial charge in [0.1, 0.15) is 73.2 Å². The molecule has 17 atom stereocenters. The Morgan fingerprint density at radius 1 is 0.363 bits per heavy atom. The van der Waals surface area contributed by atoms with Crippen LogP contribution >= 0.6 is 0 Å². The van der Waals surface area contributed by atoms with E-state index >= 15 is 0 Å². The van der Waals surface area contributed by atoms with Crippen molar-refractivity contribution < 1.29 is 89.4 Å². The minimum atomic E-state index is -1.98. The molecular weight excluding hydrogens is 1300 g/mol. The number of amides is 1. The number of nitrogens with one attached hydrogen (secondary N) is 1. The van der Waals surface area contributed by atoms with Crippen LogP contribution in [0.3, 0.4) is 0 Å². The number of carbonyl (C=O) groups is 1. The highest BCUT2D eigenvalue weighted by molar-refractivity contribution is 5.76. The molecule has 3 fully saturated rings. The maximum Gasteiger partial charge on any atom is 0.220 e. The summed E-state index contributed by atoms with van der Waals surface area (Å²) in [6, 6.07) is -0.895. The Morgan fingerprint density at radius 2 is 0.676 bits per heavy atom. The third-order valence-corrected chi connectivity index (χ3v) is 19.7. The van der Waals surface area contributed by atoms with Gasteiger partial charge in [0.2, 0.25) is 5.91 Å². The zero-order valence-corrected chi connectivity index (χ0v) is 63.1. The lowest BCUT2D eigenvalue weighted by Crippen LogP contribution is -2.66. The van der Waals surface area contributed by atoms with Crippen LogP contribution in [-0.2, 0) is 33.2 Å². The van der Waals surface area contributed by atoms with Gasteiger partial charge in [-0.05, 0) is 77.0 Å². The zero-order valence-electron chi connectivity index (χ0n) is 63.1. The molecule has 0 aromatic heterocycles. The van der Waals surface area contributed by atoms with E-state index in [2.05, 4.69) is 116 Å². The van der Waals surface area contributed by atoms with Crippen LogP contribution in [0.25, 0.3) is 0 Å². The summed E-state index contributed by atoms with van der Waals surface area (Å²) in [5.74, 6) is -0.246. The minimum Gasteiger partial charge on any atom is -0.394 e. The molecule has 0 saturated carbocycles. The van der Waals surface area contributed by atoms with E-state index in [9.17, 15) is 61.0 Å². The summed E-state index contributed by atoms with van der Waals surface area (Å²) in [4.78, 5) is 13.5. The van der Waals surface area contributed by atoms with Crippen LogP contribution in [0.4, 0.5) is 0 Å². The molecule has 3 rings (SSSR count). The van der Waals surface area contributed by atoms with Gasteiger partial charge in [-0.15, -0.1) is 0 Å². The summed E-state index contributed by atoms with van der Waals surface area (Å²) in [6.45, 7) is 1.71. The molecule has 3 aliphatic rings. The fraction of sp³-hybridized carbons (Fsp3) is 0.795. The minimum absolute atomic E-state index is 0.246. The summed E-state index contributed by atoms with van der Waals surface area (Å²) in [7, 11) is 0. The van der Waals surface area contributed by atoms with E-state index in [1.807, 2.05) is 0 Å². The van der Waals surface area contributed by atoms with Crippen molar-refractivity contribution in [2.24, 2.45) is 0 Å². The molecule has 1 amide bonds. The molecule has 3 saturated heterocycles. The van der Waals surface area contributed by atoms with Gasteiger partial charge in [0.25, 0.3) is 0 Å². The number of hydrogen-bond acceptors (Lipinski definition) is 18. The highest BCUT2D eigenvalue weighted by atomic mass is 16.8. The highest BCUT2D eigenvalue weighted by Crippen LogP contribution is 2.33. The van der Waals surface area contributed by atoms with Gasteiger partial charge in [-0.3, -0.25) is 4.79 Å². The normalized spacial score (nSPS) is 26.7. The maximum atomic E-state index is 13.5. The molecule has 102 heavy (non-hydrogen) atoms. The molecule has 19 nitrogen and oxygen atoms in total. The molecule has 12 N–H and O–H groups in total. The van der Waals surface area contributed by atoms with E-state index in [4.69, 9.17) is 28.4 Å². The van der Waals surface area contributed by atoms with Crippen LogP contribution < -0.4 is 5.32 Å². The molecule has 0 radical (unpaired) electrons. The first-order valence-electron chi connectivity index (χ1n) is 40.5. The third-order valence-electron chi connectivity index (χ3n) is 19.7. The van der Waals surface area contributed by atoms with Gasteiger partial charge in [0.05, 0.1) is 38.6 Å². The molecule has 590 valence electrons. The molecule has 17 unspecified atom stereocenters. The molecule has 0 bridgehead atoms. The van der Waals surface area contributed by atoms with Gasteiger partial charge in [0, 0.05) is 6.42 Å². The summed E-state index contributed by atoms with van der Waals surface area (Å²) in [5, 5.41) is 121. The average Bonchev–Trinajstić information content (AvgIpc) is 0.778. The number of aliphatic hydroxyl groups excluding tert-OH is 11. The number of ether oxygens (including phenoxy) is 6. The molecule has 0 aliphatic carbocycles. The van der Waals surface area contributed by atoms with Gasteiger partial charge in [-0.2, -0.15) is 0 Å². The Bertz CT molecular complexity index is 2220. The van der Waals surface area contributed by atoms with Crippen molar-refractivity contribution in [3.8, 4) is 0 Å². The van der Waals surface area contributed by atoms with E-state index in [0.29, 0.717) is 12.8 Å². The van der Waals surface area contributed by atoms with Crippen LogP contribution in [-0.4, -0.2) is 193 Å². The van der Waals surface area contributed by atoms with Gasteiger partial charge >= 0.3 is 0 Å². The Hall–Kier alpha value is -3.29. The molecule has 3 aliphatic heterocycles. The first-order valence-corrected chi connectivity index (χ1v) is 40.5. The van der Waals surface area contributed by atoms with E-state index in [1.54, 1.807) is 0 Å². The van der Waals surface area contributed by atoms with Crippen molar-refractivity contribution in [1.82, 2.24) is 5.32 Å². The predicted molar refractivity (Wildman–Crippen MR) is 406 cm³/mol. The second-order valence-corrected chi connectivity index (χ2v) is 28.5. The second kappa shape index (κ2) is 62.7. The smallest absolute Gasteiger partial charge is 0.220 e.